The van der Waals surface area contributed by atoms with Crippen LogP contribution >= 0.6 is 0 Å². The molecule has 24 heavy (non-hydrogen) atoms. The molecule has 2 aromatic rings. The second kappa shape index (κ2) is 9.52. The van der Waals surface area contributed by atoms with E-state index in [2.05, 4.69) is 15.6 Å². The maximum Gasteiger partial charge on any atom is 0.251 e. The van der Waals surface area contributed by atoms with Gasteiger partial charge in [0.05, 0.1) is 6.61 Å². The van der Waals surface area contributed by atoms with E-state index in [0.717, 1.165) is 12.1 Å². The lowest BCUT2D eigenvalue weighted by Crippen LogP contribution is -2.30. The van der Waals surface area contributed by atoms with Gasteiger partial charge in [-0.15, -0.1) is 0 Å². The van der Waals surface area contributed by atoms with E-state index in [9.17, 15) is 4.79 Å². The van der Waals surface area contributed by atoms with Crippen LogP contribution in [-0.2, 0) is 6.61 Å². The fourth-order valence-electron chi connectivity index (χ4n) is 2.08. The van der Waals surface area contributed by atoms with E-state index in [1.165, 1.54) is 0 Å². The average molecular weight is 329 g/mol. The van der Waals surface area contributed by atoms with Crippen LogP contribution in [0.3, 0.4) is 0 Å². The van der Waals surface area contributed by atoms with E-state index in [4.69, 9.17) is 9.47 Å². The summed E-state index contributed by atoms with van der Waals surface area (Å²) in [5.74, 6) is 1.03. The lowest BCUT2D eigenvalue weighted by molar-refractivity contribution is 0.0953. The number of aromatic nitrogens is 1. The Bertz CT molecular complexity index is 647. The number of nitrogens with zero attached hydrogens (tertiary/aromatic N) is 1. The minimum atomic E-state index is -0.134. The SMILES string of the molecule is CCOc1cc(C(=O)NCCNC)ccc1OCc1cccnc1. The number of nitrogens with one attached hydrogen (secondary N) is 2. The van der Waals surface area contributed by atoms with Crippen molar-refractivity contribution in [1.29, 1.82) is 0 Å². The third-order valence-electron chi connectivity index (χ3n) is 3.28. The summed E-state index contributed by atoms with van der Waals surface area (Å²) < 4.78 is 11.4. The highest BCUT2D eigenvalue weighted by Crippen LogP contribution is 2.29. The van der Waals surface area contributed by atoms with Gasteiger partial charge in [0.2, 0.25) is 0 Å². The molecule has 0 aliphatic carbocycles. The van der Waals surface area contributed by atoms with Gasteiger partial charge in [-0.05, 0) is 38.2 Å². The number of likely N-dealkylation sites (N-methyl/N-ethyl adjacent to an activating group) is 1. The van der Waals surface area contributed by atoms with Crippen LogP contribution in [0.2, 0.25) is 0 Å². The zero-order chi connectivity index (χ0) is 17.2. The summed E-state index contributed by atoms with van der Waals surface area (Å²) in [7, 11) is 1.84. The smallest absolute Gasteiger partial charge is 0.251 e. The van der Waals surface area contributed by atoms with Gasteiger partial charge in [0.1, 0.15) is 6.61 Å². The summed E-state index contributed by atoms with van der Waals surface area (Å²) in [5, 5.41) is 5.82. The Balaban J connectivity index is 2.06. The molecule has 1 aromatic carbocycles. The van der Waals surface area contributed by atoms with Crippen molar-refractivity contribution in [2.75, 3.05) is 26.7 Å². The summed E-state index contributed by atoms with van der Waals surface area (Å²) in [4.78, 5) is 16.2. The topological polar surface area (TPSA) is 72.5 Å². The van der Waals surface area contributed by atoms with Gasteiger partial charge in [-0.3, -0.25) is 9.78 Å². The number of carbonyl (C=O) groups excluding carboxylic acids is 1. The molecule has 2 N–H and O–H groups in total. The standard InChI is InChI=1S/C18H23N3O3/c1-3-23-17-11-15(18(22)21-10-9-19-2)6-7-16(17)24-13-14-5-4-8-20-12-14/h4-8,11-12,19H,3,9-10,13H2,1-2H3,(H,21,22). The van der Waals surface area contributed by atoms with Crippen molar-refractivity contribution in [2.24, 2.45) is 0 Å². The third-order valence-corrected chi connectivity index (χ3v) is 3.28. The van der Waals surface area contributed by atoms with Crippen LogP contribution in [0.15, 0.2) is 42.7 Å². The molecule has 0 fully saturated rings. The van der Waals surface area contributed by atoms with Crippen molar-refractivity contribution >= 4 is 5.91 Å². The molecule has 0 aliphatic heterocycles. The number of amides is 1. The van der Waals surface area contributed by atoms with Gasteiger partial charge in [-0.1, -0.05) is 6.07 Å². The van der Waals surface area contributed by atoms with Crippen LogP contribution in [0.25, 0.3) is 0 Å². The molecular weight excluding hydrogens is 306 g/mol. The fourth-order valence-corrected chi connectivity index (χ4v) is 2.08. The normalized spacial score (nSPS) is 10.2. The number of benzene rings is 1. The Morgan fingerprint density at radius 1 is 1.17 bits per heavy atom. The van der Waals surface area contributed by atoms with E-state index in [-0.39, 0.29) is 5.91 Å². The predicted octanol–water partition coefficient (Wildman–Crippen LogP) is 2.01. The van der Waals surface area contributed by atoms with Crippen LogP contribution in [0.1, 0.15) is 22.8 Å². The first-order valence-electron chi connectivity index (χ1n) is 7.96. The third kappa shape index (κ3) is 5.24. The first-order valence-corrected chi connectivity index (χ1v) is 7.96. The van der Waals surface area contributed by atoms with Gasteiger partial charge < -0.3 is 20.1 Å². The molecule has 6 heteroatoms. The van der Waals surface area contributed by atoms with Gasteiger partial charge in [0.15, 0.2) is 11.5 Å². The zero-order valence-electron chi connectivity index (χ0n) is 14.0. The maximum absolute atomic E-state index is 12.1. The molecule has 6 nitrogen and oxygen atoms in total. The number of hydrogen-bond donors (Lipinski definition) is 2. The summed E-state index contributed by atoms with van der Waals surface area (Å²) in [5.41, 5.74) is 1.51. The molecule has 0 saturated carbocycles. The van der Waals surface area contributed by atoms with Crippen LogP contribution in [0.4, 0.5) is 0 Å². The predicted molar refractivity (Wildman–Crippen MR) is 92.4 cm³/mol. The molecule has 1 aromatic heterocycles. The van der Waals surface area contributed by atoms with E-state index in [0.29, 0.717) is 36.8 Å². The molecule has 0 saturated heterocycles. The van der Waals surface area contributed by atoms with Crippen molar-refractivity contribution in [1.82, 2.24) is 15.6 Å². The van der Waals surface area contributed by atoms with Crippen molar-refractivity contribution in [3.8, 4) is 11.5 Å². The average Bonchev–Trinajstić information content (AvgIpc) is 2.62. The Morgan fingerprint density at radius 3 is 2.75 bits per heavy atom. The van der Waals surface area contributed by atoms with Gasteiger partial charge in [0, 0.05) is 36.6 Å². The van der Waals surface area contributed by atoms with Crippen molar-refractivity contribution in [3.05, 3.63) is 53.9 Å². The Hall–Kier alpha value is -2.60. The number of carbonyl (C=O) groups is 1. The molecule has 0 unspecified atom stereocenters. The number of pyridine rings is 1. The minimum absolute atomic E-state index is 0.134. The molecule has 128 valence electrons. The van der Waals surface area contributed by atoms with E-state index < -0.39 is 0 Å². The van der Waals surface area contributed by atoms with E-state index in [1.807, 2.05) is 26.1 Å². The summed E-state index contributed by atoms with van der Waals surface area (Å²) in [6.07, 6.45) is 3.47. The molecule has 1 heterocycles. The van der Waals surface area contributed by atoms with Crippen LogP contribution < -0.4 is 20.1 Å². The van der Waals surface area contributed by atoms with Gasteiger partial charge >= 0.3 is 0 Å². The highest BCUT2D eigenvalue weighted by atomic mass is 16.5. The summed E-state index contributed by atoms with van der Waals surface area (Å²) >= 11 is 0. The molecule has 2 rings (SSSR count). The van der Waals surface area contributed by atoms with Crippen molar-refractivity contribution in [2.45, 2.75) is 13.5 Å². The Labute approximate surface area is 142 Å². The maximum atomic E-state index is 12.1. The summed E-state index contributed by atoms with van der Waals surface area (Å²) in [6.45, 7) is 4.06. The van der Waals surface area contributed by atoms with E-state index >= 15 is 0 Å². The number of hydrogen-bond acceptors (Lipinski definition) is 5. The molecule has 0 atom stereocenters. The molecule has 1 amide bonds. The highest BCUT2D eigenvalue weighted by molar-refractivity contribution is 5.94. The monoisotopic (exact) mass is 329 g/mol. The first-order chi connectivity index (χ1) is 11.7. The van der Waals surface area contributed by atoms with Crippen LogP contribution in [0, 0.1) is 0 Å². The fraction of sp³-hybridized carbons (Fsp3) is 0.333. The molecule has 0 aliphatic rings. The largest absolute Gasteiger partial charge is 0.490 e. The molecule has 0 bridgehead atoms. The molecular formula is C18H23N3O3. The second-order valence-electron chi connectivity index (χ2n) is 5.10. The molecule has 0 radical (unpaired) electrons. The quantitative estimate of drug-likeness (QED) is 0.689. The number of ether oxygens (including phenoxy) is 2. The van der Waals surface area contributed by atoms with Gasteiger partial charge in [0.25, 0.3) is 5.91 Å². The molecule has 0 spiro atoms. The van der Waals surface area contributed by atoms with Gasteiger partial charge in [-0.25, -0.2) is 0 Å². The second-order valence-corrected chi connectivity index (χ2v) is 5.10. The highest BCUT2D eigenvalue weighted by Gasteiger charge is 2.11. The number of rotatable bonds is 9. The Kier molecular flexibility index (Phi) is 7.04. The zero-order valence-corrected chi connectivity index (χ0v) is 14.0. The van der Waals surface area contributed by atoms with E-state index in [1.54, 1.807) is 30.6 Å². The first kappa shape index (κ1) is 17.7. The van der Waals surface area contributed by atoms with Gasteiger partial charge in [-0.2, -0.15) is 0 Å². The lowest BCUT2D eigenvalue weighted by atomic mass is 10.2. The van der Waals surface area contributed by atoms with Crippen molar-refractivity contribution in [3.63, 3.8) is 0 Å². The lowest BCUT2D eigenvalue weighted by Gasteiger charge is -2.13. The van der Waals surface area contributed by atoms with Crippen molar-refractivity contribution < 1.29 is 14.3 Å². The Morgan fingerprint density at radius 2 is 2.04 bits per heavy atom. The van der Waals surface area contributed by atoms with Crippen LogP contribution in [-0.4, -0.2) is 37.6 Å². The van der Waals surface area contributed by atoms with Crippen LogP contribution in [0.5, 0.6) is 11.5 Å². The minimum Gasteiger partial charge on any atom is -0.490 e. The summed E-state index contributed by atoms with van der Waals surface area (Å²) in [6, 6.07) is 9.00.